The van der Waals surface area contributed by atoms with Crippen LogP contribution in [0, 0.1) is 0 Å². The van der Waals surface area contributed by atoms with Gasteiger partial charge in [-0.05, 0) is 36.4 Å². The average molecular weight is 357 g/mol. The summed E-state index contributed by atoms with van der Waals surface area (Å²) in [7, 11) is 0. The predicted octanol–water partition coefficient (Wildman–Crippen LogP) is 3.19. The fourth-order valence-electron chi connectivity index (χ4n) is 3.41. The molecule has 3 aromatic heterocycles. The summed E-state index contributed by atoms with van der Waals surface area (Å²) in [6, 6.07) is 5.53. The predicted molar refractivity (Wildman–Crippen MR) is 95.5 cm³/mol. The zero-order chi connectivity index (χ0) is 17.2. The summed E-state index contributed by atoms with van der Waals surface area (Å²) in [5.41, 5.74) is 0.527. The lowest BCUT2D eigenvalue weighted by molar-refractivity contribution is -0.134. The Hall–Kier alpha value is -2.41. The van der Waals surface area contributed by atoms with E-state index in [1.165, 1.54) is 22.2 Å². The summed E-state index contributed by atoms with van der Waals surface area (Å²) in [6.07, 6.45) is 7.13. The molecule has 6 nitrogen and oxygen atoms in total. The van der Waals surface area contributed by atoms with E-state index in [0.29, 0.717) is 16.8 Å². The standard InChI is InChI=1S/C18H19N3O3S/c22-16(11-20-12-19-13-7-10-25-17(13)18(20)23)21-8-3-1-2-5-14(21)15-6-4-9-24-15/h4,6-7,9-10,12,14H,1-3,5,8,11H2/t14-/m0/s1. The van der Waals surface area contributed by atoms with Crippen molar-refractivity contribution in [2.24, 2.45) is 0 Å². The molecule has 0 aliphatic carbocycles. The van der Waals surface area contributed by atoms with Gasteiger partial charge in [-0.3, -0.25) is 14.2 Å². The van der Waals surface area contributed by atoms with Crippen molar-refractivity contribution in [2.45, 2.75) is 38.3 Å². The van der Waals surface area contributed by atoms with Gasteiger partial charge in [0.2, 0.25) is 5.91 Å². The van der Waals surface area contributed by atoms with Crippen LogP contribution in [0.25, 0.3) is 10.2 Å². The van der Waals surface area contributed by atoms with E-state index in [2.05, 4.69) is 4.98 Å². The van der Waals surface area contributed by atoms with Gasteiger partial charge in [0.15, 0.2) is 0 Å². The van der Waals surface area contributed by atoms with E-state index in [1.54, 1.807) is 6.26 Å². The van der Waals surface area contributed by atoms with Crippen molar-refractivity contribution in [3.8, 4) is 0 Å². The minimum Gasteiger partial charge on any atom is -0.467 e. The molecule has 0 saturated carbocycles. The van der Waals surface area contributed by atoms with Crippen LogP contribution >= 0.6 is 11.3 Å². The van der Waals surface area contributed by atoms with Crippen LogP contribution in [-0.4, -0.2) is 26.9 Å². The van der Waals surface area contributed by atoms with Crippen molar-refractivity contribution in [1.82, 2.24) is 14.5 Å². The van der Waals surface area contributed by atoms with Gasteiger partial charge >= 0.3 is 0 Å². The van der Waals surface area contributed by atoms with Crippen LogP contribution < -0.4 is 5.56 Å². The highest BCUT2D eigenvalue weighted by Gasteiger charge is 2.28. The molecule has 0 radical (unpaired) electrons. The van der Waals surface area contributed by atoms with Gasteiger partial charge in [-0.2, -0.15) is 0 Å². The Bertz CT molecular complexity index is 929. The Labute approximate surface area is 148 Å². The molecule has 1 aliphatic heterocycles. The van der Waals surface area contributed by atoms with Crippen LogP contribution in [0.2, 0.25) is 0 Å². The third kappa shape index (κ3) is 3.11. The van der Waals surface area contributed by atoms with Crippen molar-refractivity contribution in [2.75, 3.05) is 6.54 Å². The minimum atomic E-state index is -0.155. The Morgan fingerprint density at radius 3 is 3.08 bits per heavy atom. The summed E-state index contributed by atoms with van der Waals surface area (Å²) in [5, 5.41) is 1.84. The quantitative estimate of drug-likeness (QED) is 0.722. The molecule has 1 atom stereocenters. The summed E-state index contributed by atoms with van der Waals surface area (Å²) in [4.78, 5) is 31.6. The number of rotatable bonds is 3. The molecule has 0 aromatic carbocycles. The molecule has 1 amide bonds. The molecule has 1 saturated heterocycles. The van der Waals surface area contributed by atoms with E-state index in [1.807, 2.05) is 28.5 Å². The van der Waals surface area contributed by atoms with Crippen LogP contribution in [0.4, 0.5) is 0 Å². The van der Waals surface area contributed by atoms with Gasteiger partial charge in [0.25, 0.3) is 5.56 Å². The van der Waals surface area contributed by atoms with Gasteiger partial charge in [-0.25, -0.2) is 4.98 Å². The zero-order valence-electron chi connectivity index (χ0n) is 13.8. The number of amides is 1. The second-order valence-electron chi connectivity index (χ2n) is 6.28. The molecule has 130 valence electrons. The van der Waals surface area contributed by atoms with Gasteiger partial charge in [-0.1, -0.05) is 12.8 Å². The SMILES string of the molecule is O=C(Cn1cnc2ccsc2c1=O)N1CCCCC[C@H]1c1ccco1. The number of hydrogen-bond acceptors (Lipinski definition) is 5. The Kier molecular flexibility index (Phi) is 4.40. The molecule has 0 unspecified atom stereocenters. The second-order valence-corrected chi connectivity index (χ2v) is 7.20. The number of furan rings is 1. The first kappa shape index (κ1) is 16.1. The molecular weight excluding hydrogens is 338 g/mol. The van der Waals surface area contributed by atoms with Crippen LogP contribution in [-0.2, 0) is 11.3 Å². The highest BCUT2D eigenvalue weighted by molar-refractivity contribution is 7.17. The highest BCUT2D eigenvalue weighted by atomic mass is 32.1. The minimum absolute atomic E-state index is 0.0108. The van der Waals surface area contributed by atoms with Gasteiger partial charge in [-0.15, -0.1) is 11.3 Å². The molecule has 0 spiro atoms. The van der Waals surface area contributed by atoms with Crippen molar-refractivity contribution in [1.29, 1.82) is 0 Å². The molecule has 3 aromatic rings. The zero-order valence-corrected chi connectivity index (χ0v) is 14.6. The Morgan fingerprint density at radius 1 is 1.32 bits per heavy atom. The lowest BCUT2D eigenvalue weighted by Gasteiger charge is -2.28. The third-order valence-electron chi connectivity index (χ3n) is 4.69. The maximum Gasteiger partial charge on any atom is 0.271 e. The number of hydrogen-bond donors (Lipinski definition) is 0. The monoisotopic (exact) mass is 357 g/mol. The van der Waals surface area contributed by atoms with Gasteiger partial charge < -0.3 is 9.32 Å². The summed E-state index contributed by atoms with van der Waals surface area (Å²) in [6.45, 7) is 0.699. The summed E-state index contributed by atoms with van der Waals surface area (Å²) < 4.78 is 7.56. The largest absolute Gasteiger partial charge is 0.467 e. The van der Waals surface area contributed by atoms with Crippen LogP contribution in [0.5, 0.6) is 0 Å². The molecular formula is C18H19N3O3S. The van der Waals surface area contributed by atoms with Gasteiger partial charge in [0.05, 0.1) is 24.1 Å². The normalized spacial score (nSPS) is 18.4. The van der Waals surface area contributed by atoms with E-state index in [4.69, 9.17) is 4.42 Å². The van der Waals surface area contributed by atoms with Crippen molar-refractivity contribution < 1.29 is 9.21 Å². The molecule has 1 aliphatic rings. The summed E-state index contributed by atoms with van der Waals surface area (Å²) >= 11 is 1.36. The van der Waals surface area contributed by atoms with Crippen LogP contribution in [0.15, 0.2) is 45.4 Å². The highest BCUT2D eigenvalue weighted by Crippen LogP contribution is 2.30. The fourth-order valence-corrected chi connectivity index (χ4v) is 4.20. The maximum atomic E-state index is 13.0. The lowest BCUT2D eigenvalue weighted by Crippen LogP contribution is -2.39. The number of likely N-dealkylation sites (tertiary alicyclic amines) is 1. The van der Waals surface area contributed by atoms with E-state index in [-0.39, 0.29) is 24.1 Å². The molecule has 0 N–H and O–H groups in total. The molecule has 4 rings (SSSR count). The smallest absolute Gasteiger partial charge is 0.271 e. The number of aromatic nitrogens is 2. The molecule has 0 bridgehead atoms. The topological polar surface area (TPSA) is 68.3 Å². The van der Waals surface area contributed by atoms with Crippen molar-refractivity contribution >= 4 is 27.5 Å². The van der Waals surface area contributed by atoms with E-state index >= 15 is 0 Å². The molecule has 1 fully saturated rings. The number of fused-ring (bicyclic) bond motifs is 1. The Balaban J connectivity index is 1.61. The Morgan fingerprint density at radius 2 is 2.24 bits per heavy atom. The molecule has 25 heavy (non-hydrogen) atoms. The number of carbonyl (C=O) groups excluding carboxylic acids is 1. The molecule has 4 heterocycles. The van der Waals surface area contributed by atoms with Gasteiger partial charge in [0.1, 0.15) is 17.0 Å². The first-order valence-corrected chi connectivity index (χ1v) is 9.37. The maximum absolute atomic E-state index is 13.0. The second kappa shape index (κ2) is 6.84. The van der Waals surface area contributed by atoms with Crippen LogP contribution in [0.3, 0.4) is 0 Å². The van der Waals surface area contributed by atoms with Gasteiger partial charge in [0, 0.05) is 6.54 Å². The number of nitrogens with zero attached hydrogens (tertiary/aromatic N) is 3. The summed E-state index contributed by atoms with van der Waals surface area (Å²) in [5.74, 6) is 0.748. The van der Waals surface area contributed by atoms with E-state index in [9.17, 15) is 9.59 Å². The fraction of sp³-hybridized carbons (Fsp3) is 0.389. The van der Waals surface area contributed by atoms with E-state index < -0.39 is 0 Å². The molecule has 7 heteroatoms. The van der Waals surface area contributed by atoms with Crippen molar-refractivity contribution in [3.05, 3.63) is 52.3 Å². The number of carbonyl (C=O) groups is 1. The third-order valence-corrected chi connectivity index (χ3v) is 5.58. The van der Waals surface area contributed by atoms with Crippen LogP contribution in [0.1, 0.15) is 37.5 Å². The average Bonchev–Trinajstić information content (AvgIpc) is 3.25. The van der Waals surface area contributed by atoms with Crippen molar-refractivity contribution in [3.63, 3.8) is 0 Å². The van der Waals surface area contributed by atoms with E-state index in [0.717, 1.165) is 31.4 Å². The lowest BCUT2D eigenvalue weighted by atomic mass is 10.1. The first-order valence-electron chi connectivity index (χ1n) is 8.49. The number of thiophene rings is 1. The first-order chi connectivity index (χ1) is 12.2.